The Morgan fingerprint density at radius 3 is 2.17 bits per heavy atom. The molecule has 1 aliphatic carbocycles. The van der Waals surface area contributed by atoms with Crippen LogP contribution < -0.4 is 4.72 Å². The largest absolute Gasteiger partial charge is 0.480 e. The molecule has 0 saturated heterocycles. The van der Waals surface area contributed by atoms with Gasteiger partial charge in [0.15, 0.2) is 0 Å². The van der Waals surface area contributed by atoms with E-state index in [4.69, 9.17) is 0 Å². The second-order valence-corrected chi connectivity index (χ2v) is 8.17. The van der Waals surface area contributed by atoms with Crippen LogP contribution in [-0.2, 0) is 14.8 Å². The van der Waals surface area contributed by atoms with E-state index in [0.29, 0.717) is 19.3 Å². The van der Waals surface area contributed by atoms with Crippen molar-refractivity contribution in [2.45, 2.75) is 58.4 Å². The number of carboxylic acids is 1. The summed E-state index contributed by atoms with van der Waals surface area (Å²) < 4.78 is 26.4. The van der Waals surface area contributed by atoms with Crippen molar-refractivity contribution in [3.63, 3.8) is 0 Å². The predicted molar refractivity (Wildman–Crippen MR) is 69.8 cm³/mol. The van der Waals surface area contributed by atoms with E-state index in [1.54, 1.807) is 0 Å². The number of nitrogens with one attached hydrogen (secondary N) is 1. The fraction of sp³-hybridized carbons (Fsp3) is 0.917. The first-order valence-corrected chi connectivity index (χ1v) is 7.97. The monoisotopic (exact) mass is 277 g/mol. The van der Waals surface area contributed by atoms with Crippen LogP contribution in [0.4, 0.5) is 0 Å². The molecular formula is C12H23NO4S. The highest BCUT2D eigenvalue weighted by molar-refractivity contribution is 7.89. The van der Waals surface area contributed by atoms with Crippen LogP contribution in [0.3, 0.4) is 0 Å². The molecule has 0 atom stereocenters. The molecule has 1 rings (SSSR count). The van der Waals surface area contributed by atoms with Gasteiger partial charge in [0.25, 0.3) is 0 Å². The van der Waals surface area contributed by atoms with E-state index in [9.17, 15) is 18.3 Å². The van der Waals surface area contributed by atoms with Gasteiger partial charge in [-0.3, -0.25) is 4.79 Å². The lowest BCUT2D eigenvalue weighted by Crippen LogP contribution is -2.53. The first-order chi connectivity index (χ1) is 8.06. The normalized spacial score (nSPS) is 19.9. The summed E-state index contributed by atoms with van der Waals surface area (Å²) in [6.07, 6.45) is 2.80. The van der Waals surface area contributed by atoms with Crippen LogP contribution in [0.15, 0.2) is 0 Å². The van der Waals surface area contributed by atoms with Gasteiger partial charge < -0.3 is 5.11 Å². The molecule has 0 aromatic heterocycles. The molecule has 0 aromatic carbocycles. The molecule has 106 valence electrons. The van der Waals surface area contributed by atoms with Crippen molar-refractivity contribution >= 4 is 16.0 Å². The Bertz CT molecular complexity index is 402. The zero-order valence-electron chi connectivity index (χ0n) is 11.3. The van der Waals surface area contributed by atoms with E-state index < -0.39 is 21.5 Å². The quantitative estimate of drug-likeness (QED) is 0.801. The molecule has 0 radical (unpaired) electrons. The van der Waals surface area contributed by atoms with E-state index >= 15 is 0 Å². The fourth-order valence-corrected chi connectivity index (χ4v) is 4.00. The molecule has 0 amide bonds. The molecule has 0 aliphatic heterocycles. The minimum atomic E-state index is -3.53. The highest BCUT2D eigenvalue weighted by Gasteiger charge is 2.44. The Kier molecular flexibility index (Phi) is 4.43. The molecule has 18 heavy (non-hydrogen) atoms. The summed E-state index contributed by atoms with van der Waals surface area (Å²) in [5.41, 5.74) is -1.35. The highest BCUT2D eigenvalue weighted by Crippen LogP contribution is 2.31. The first-order valence-electron chi connectivity index (χ1n) is 6.31. The Morgan fingerprint density at radius 1 is 1.28 bits per heavy atom. The van der Waals surface area contributed by atoms with E-state index in [0.717, 1.165) is 12.8 Å². The van der Waals surface area contributed by atoms with Gasteiger partial charge in [0.05, 0.1) is 5.75 Å². The summed E-state index contributed by atoms with van der Waals surface area (Å²) in [5, 5.41) is 9.23. The van der Waals surface area contributed by atoms with Gasteiger partial charge in [-0.25, -0.2) is 8.42 Å². The van der Waals surface area contributed by atoms with Gasteiger partial charge in [-0.1, -0.05) is 33.6 Å². The van der Waals surface area contributed by atoms with Crippen molar-refractivity contribution in [1.82, 2.24) is 4.72 Å². The van der Waals surface area contributed by atoms with Crippen LogP contribution in [0, 0.1) is 5.41 Å². The zero-order chi connectivity index (χ0) is 14.0. The highest BCUT2D eigenvalue weighted by atomic mass is 32.2. The number of hydrogen-bond acceptors (Lipinski definition) is 3. The van der Waals surface area contributed by atoms with Gasteiger partial charge in [-0.05, 0) is 24.7 Å². The smallest absolute Gasteiger partial charge is 0.324 e. The van der Waals surface area contributed by atoms with Crippen LogP contribution in [0.25, 0.3) is 0 Å². The number of aliphatic carboxylic acids is 1. The fourth-order valence-electron chi connectivity index (χ4n) is 2.13. The molecule has 2 N–H and O–H groups in total. The predicted octanol–water partition coefficient (Wildman–Crippen LogP) is 1.74. The number of hydrogen-bond donors (Lipinski definition) is 2. The molecule has 5 nitrogen and oxygen atoms in total. The van der Waals surface area contributed by atoms with E-state index in [1.807, 2.05) is 20.8 Å². The van der Waals surface area contributed by atoms with Crippen molar-refractivity contribution < 1.29 is 18.3 Å². The lowest BCUT2D eigenvalue weighted by Gasteiger charge is -2.26. The molecule has 6 heteroatoms. The van der Waals surface area contributed by atoms with Gasteiger partial charge in [0.1, 0.15) is 5.54 Å². The Morgan fingerprint density at radius 2 is 1.78 bits per heavy atom. The minimum Gasteiger partial charge on any atom is -0.480 e. The van der Waals surface area contributed by atoms with Crippen LogP contribution >= 0.6 is 0 Å². The van der Waals surface area contributed by atoms with Crippen molar-refractivity contribution in [3.8, 4) is 0 Å². The first kappa shape index (κ1) is 15.4. The van der Waals surface area contributed by atoms with Gasteiger partial charge >= 0.3 is 5.97 Å². The van der Waals surface area contributed by atoms with E-state index in [2.05, 4.69) is 4.72 Å². The van der Waals surface area contributed by atoms with Gasteiger partial charge in [0, 0.05) is 0 Å². The molecule has 0 heterocycles. The maximum atomic E-state index is 12.0. The van der Waals surface area contributed by atoms with Crippen LogP contribution in [0.2, 0.25) is 0 Å². The van der Waals surface area contributed by atoms with Gasteiger partial charge in [-0.2, -0.15) is 4.72 Å². The van der Waals surface area contributed by atoms with Crippen LogP contribution in [-0.4, -0.2) is 30.8 Å². The van der Waals surface area contributed by atoms with E-state index in [-0.39, 0.29) is 11.2 Å². The third-order valence-corrected chi connectivity index (χ3v) is 4.78. The van der Waals surface area contributed by atoms with Crippen LogP contribution in [0.1, 0.15) is 52.9 Å². The maximum Gasteiger partial charge on any atom is 0.324 e. The van der Waals surface area contributed by atoms with Crippen molar-refractivity contribution in [3.05, 3.63) is 0 Å². The van der Waals surface area contributed by atoms with E-state index in [1.165, 1.54) is 0 Å². The Labute approximate surface area is 109 Å². The Hall–Kier alpha value is -0.620. The lowest BCUT2D eigenvalue weighted by molar-refractivity contribution is -0.143. The number of carboxylic acid groups (broad SMARTS) is 1. The summed E-state index contributed by atoms with van der Waals surface area (Å²) in [6.45, 7) is 5.89. The summed E-state index contributed by atoms with van der Waals surface area (Å²) in [7, 11) is -3.53. The summed E-state index contributed by atoms with van der Waals surface area (Å²) in [5.74, 6) is -1.08. The molecule has 1 fully saturated rings. The molecular weight excluding hydrogens is 254 g/mol. The SMILES string of the molecule is CC(C)(C)CCS(=O)(=O)NC1(C(=O)O)CCCC1. The molecule has 1 aliphatic rings. The Balaban J connectivity index is 2.72. The minimum absolute atomic E-state index is 0.0223. The average molecular weight is 277 g/mol. The lowest BCUT2D eigenvalue weighted by atomic mass is 9.94. The molecule has 0 unspecified atom stereocenters. The third kappa shape index (κ3) is 4.24. The third-order valence-electron chi connectivity index (χ3n) is 3.34. The second kappa shape index (κ2) is 5.17. The molecule has 0 spiro atoms. The topological polar surface area (TPSA) is 83.5 Å². The number of carbonyl (C=O) groups is 1. The zero-order valence-corrected chi connectivity index (χ0v) is 12.1. The summed E-state index contributed by atoms with van der Waals surface area (Å²) in [4.78, 5) is 11.3. The van der Waals surface area contributed by atoms with Crippen molar-refractivity contribution in [2.24, 2.45) is 5.41 Å². The second-order valence-electron chi connectivity index (χ2n) is 6.33. The molecule has 0 aromatic rings. The van der Waals surface area contributed by atoms with Crippen molar-refractivity contribution in [1.29, 1.82) is 0 Å². The van der Waals surface area contributed by atoms with Crippen LogP contribution in [0.5, 0.6) is 0 Å². The van der Waals surface area contributed by atoms with Gasteiger partial charge in [0.2, 0.25) is 10.0 Å². The van der Waals surface area contributed by atoms with Gasteiger partial charge in [-0.15, -0.1) is 0 Å². The molecule has 0 bridgehead atoms. The standard InChI is InChI=1S/C12H23NO4S/c1-11(2,3)8-9-18(16,17)13-12(10(14)15)6-4-5-7-12/h13H,4-9H2,1-3H3,(H,14,15). The number of rotatable bonds is 5. The number of sulfonamides is 1. The summed E-state index contributed by atoms with van der Waals surface area (Å²) in [6, 6.07) is 0. The van der Waals surface area contributed by atoms with Crippen molar-refractivity contribution in [2.75, 3.05) is 5.75 Å². The maximum absolute atomic E-state index is 12.0. The summed E-state index contributed by atoms with van der Waals surface area (Å²) >= 11 is 0. The molecule has 1 saturated carbocycles. The average Bonchev–Trinajstić information content (AvgIpc) is 2.63.